The van der Waals surface area contributed by atoms with Crippen LogP contribution in [0.1, 0.15) is 98.3 Å². The number of pyridine rings is 2. The van der Waals surface area contributed by atoms with Crippen molar-refractivity contribution in [1.82, 2.24) is 23.7 Å². The topological polar surface area (TPSA) is 49.8 Å². The minimum absolute atomic E-state index is 0.0237. The van der Waals surface area contributed by atoms with Gasteiger partial charge in [-0.25, -0.2) is 0 Å². The van der Waals surface area contributed by atoms with Crippen molar-refractivity contribution in [2.45, 2.75) is 85.5 Å². The Morgan fingerprint density at radius 3 is 1.82 bits per heavy atom. The molecule has 68 heavy (non-hydrogen) atoms. The third kappa shape index (κ3) is 6.73. The second kappa shape index (κ2) is 15.7. The number of aromatic nitrogens is 5. The maximum absolute atomic E-state index is 9.32. The van der Waals surface area contributed by atoms with E-state index in [2.05, 4.69) is 96.7 Å². The fraction of sp³-hybridized carbons (Fsp3) is 0.230. The summed E-state index contributed by atoms with van der Waals surface area (Å²) in [6.45, 7) is 22.1. The average molecular weight is 1080 g/mol. The number of fused-ring (bicyclic) bond motifs is 5. The van der Waals surface area contributed by atoms with Crippen LogP contribution in [0.5, 0.6) is 11.5 Å². The number of aryl methyl sites for hydroxylation is 1. The molecular weight excluding hydrogens is 1010 g/mol. The van der Waals surface area contributed by atoms with Gasteiger partial charge in [0.25, 0.3) is 0 Å². The summed E-state index contributed by atoms with van der Waals surface area (Å²) in [5.74, 6) is 1.80. The zero-order valence-electron chi connectivity index (χ0n) is 49.8. The second-order valence-electron chi connectivity index (χ2n) is 20.5. The van der Waals surface area contributed by atoms with Gasteiger partial charge in [-0.3, -0.25) is 0 Å². The number of hydrogen-bond acceptors (Lipinski definition) is 3. The first-order valence-electron chi connectivity index (χ1n) is 27.8. The molecule has 0 fully saturated rings. The van der Waals surface area contributed by atoms with Crippen molar-refractivity contribution < 1.29 is 37.8 Å². The van der Waals surface area contributed by atoms with Gasteiger partial charge in [0, 0.05) is 6.20 Å². The van der Waals surface area contributed by atoms with E-state index >= 15 is 0 Å². The molecule has 6 aromatic carbocycles. The van der Waals surface area contributed by atoms with Gasteiger partial charge in [0.1, 0.15) is 0 Å². The molecule has 10 aromatic rings. The summed E-state index contributed by atoms with van der Waals surface area (Å²) >= 11 is 2.18. The third-order valence-corrected chi connectivity index (χ3v) is 16.1. The number of ether oxygens (including phenoxy) is 1. The molecule has 11 rings (SSSR count). The summed E-state index contributed by atoms with van der Waals surface area (Å²) in [4.78, 5) is 9.62. The van der Waals surface area contributed by atoms with E-state index in [4.69, 9.17) is 22.9 Å². The fourth-order valence-electron chi connectivity index (χ4n) is 10.2. The van der Waals surface area contributed by atoms with Crippen LogP contribution < -0.4 is 4.74 Å². The molecule has 1 aliphatic carbocycles. The summed E-state index contributed by atoms with van der Waals surface area (Å²) < 4.78 is 103. The van der Waals surface area contributed by atoms with Gasteiger partial charge >= 0.3 is 332 Å². The molecule has 0 saturated carbocycles. The first-order valence-corrected chi connectivity index (χ1v) is 23.9. The van der Waals surface area contributed by atoms with E-state index in [0.717, 1.165) is 33.2 Å². The van der Waals surface area contributed by atoms with Gasteiger partial charge in [0.2, 0.25) is 0 Å². The molecule has 0 unspecified atom stereocenters. The van der Waals surface area contributed by atoms with E-state index in [1.807, 2.05) is 84.6 Å². The zero-order chi connectivity index (χ0) is 56.2. The van der Waals surface area contributed by atoms with Crippen molar-refractivity contribution in [1.29, 1.82) is 0 Å². The van der Waals surface area contributed by atoms with Crippen molar-refractivity contribution in [2.24, 2.45) is 5.41 Å². The van der Waals surface area contributed by atoms with Crippen LogP contribution >= 0.6 is 0 Å². The minimum atomic E-state index is -0.634. The molecule has 1 aliphatic rings. The molecule has 0 amide bonds. The van der Waals surface area contributed by atoms with Crippen LogP contribution in [0, 0.1) is 16.1 Å². The van der Waals surface area contributed by atoms with Crippen molar-refractivity contribution in [2.75, 3.05) is 0 Å². The summed E-state index contributed by atoms with van der Waals surface area (Å²) in [5, 5.41) is 2.19. The van der Waals surface area contributed by atoms with Gasteiger partial charge in [-0.1, -0.05) is 41.5 Å². The first kappa shape index (κ1) is 33.8. The Labute approximate surface area is 424 Å². The molecule has 0 N–H and O–H groups in total. The first-order chi connectivity index (χ1) is 36.6. The van der Waals surface area contributed by atoms with Crippen LogP contribution in [0.15, 0.2) is 164 Å². The van der Waals surface area contributed by atoms with E-state index in [9.17, 15) is 5.48 Å². The molecule has 0 saturated heterocycles. The molecule has 0 radical (unpaired) electrons. The van der Waals surface area contributed by atoms with Crippen molar-refractivity contribution >= 4 is 32.8 Å². The molecule has 7 heteroatoms. The van der Waals surface area contributed by atoms with Gasteiger partial charge in [-0.15, -0.1) is 0 Å². The van der Waals surface area contributed by atoms with Crippen molar-refractivity contribution in [3.05, 3.63) is 190 Å². The van der Waals surface area contributed by atoms with Gasteiger partial charge in [-0.05, 0) is 45.9 Å². The monoisotopic (exact) mass is 1080 g/mol. The van der Waals surface area contributed by atoms with Gasteiger partial charge in [0.05, 0.1) is 0 Å². The van der Waals surface area contributed by atoms with Crippen LogP contribution in [0.3, 0.4) is 0 Å². The van der Waals surface area contributed by atoms with Crippen LogP contribution in [-0.2, 0) is 35.6 Å². The van der Waals surface area contributed by atoms with Crippen LogP contribution in [0.2, 0.25) is 0 Å². The number of nitrogens with zero attached hydrogens (tertiary/aromatic N) is 5. The summed E-state index contributed by atoms with van der Waals surface area (Å²) in [7, 11) is 0. The number of hydrogen-bond donors (Lipinski definition) is 0. The Kier molecular flexibility index (Phi) is 7.81. The van der Waals surface area contributed by atoms with E-state index in [1.54, 1.807) is 24.5 Å². The predicted molar refractivity (Wildman–Crippen MR) is 276 cm³/mol. The Balaban J connectivity index is 1.13. The molecule has 6 nitrogen and oxygen atoms in total. The normalized spacial score (nSPS) is 17.1. The molecule has 0 aliphatic heterocycles. The van der Waals surface area contributed by atoms with Crippen LogP contribution in [0.4, 0.5) is 0 Å². The standard InChI is InChI=1S/C61H57N5O.Pt/c1-39-27-28-63-56(29-39)66-54-33-44(25-26-46(54)49-34-50-51(35-55(49)66)60(7,8)61(9,10)59(50,5)6)67-45-32-43(36-62-37-45)64-38-65(53-24-18-17-23-52(53)64)57-47(40-19-13-11-14-20-40)30-42(58(2,3)4)31-48(57)41-21-15-12-16-22-41;/h11-37H,1-10H3;/i11D,12D,13D,14D,15D,16D,19D,20D,21D,22D;. The summed E-state index contributed by atoms with van der Waals surface area (Å²) in [5.41, 5.74) is 7.81. The molecule has 0 spiro atoms. The number of benzene rings is 6. The fourth-order valence-corrected chi connectivity index (χ4v) is 11.3. The third-order valence-electron chi connectivity index (χ3n) is 15.1. The Morgan fingerprint density at radius 2 is 1.21 bits per heavy atom. The molecule has 342 valence electrons. The SMILES string of the molecule is [2H]c1c([2H])c([2H])c(-c2cc(C(C)(C)C)cc(-c3c([2H])c([2H])c([2H])c([2H])c3[2H])c2-n2[c](=[Pt])n(-c3cncc(Oc4ccc5c6cc7c(cc6n(-c6cc(C)ccn6)c5c4)C(C)(C)C(C)(C)C7(C)C)c3)c3ccccc32)c([2H])c1[2H]. The van der Waals surface area contributed by atoms with Crippen LogP contribution in [0.25, 0.3) is 72.3 Å². The van der Waals surface area contributed by atoms with Crippen molar-refractivity contribution in [3.63, 3.8) is 0 Å². The predicted octanol–water partition coefficient (Wildman–Crippen LogP) is 15.7. The van der Waals surface area contributed by atoms with E-state index in [0.29, 0.717) is 37.6 Å². The Hall–Kier alpha value is -6.62. The Bertz CT molecular complexity index is 4170. The Morgan fingerprint density at radius 1 is 0.603 bits per heavy atom. The quantitative estimate of drug-likeness (QED) is 0.160. The summed E-state index contributed by atoms with van der Waals surface area (Å²) in [6.07, 6.45) is 5.19. The second-order valence-corrected chi connectivity index (χ2v) is 21.6. The summed E-state index contributed by atoms with van der Waals surface area (Å²) in [6, 6.07) is 22.9. The van der Waals surface area contributed by atoms with Gasteiger partial charge in [0.15, 0.2) is 0 Å². The van der Waals surface area contributed by atoms with E-state index in [1.165, 1.54) is 11.1 Å². The van der Waals surface area contributed by atoms with Crippen LogP contribution in [-0.4, -0.2) is 23.7 Å². The van der Waals surface area contributed by atoms with Gasteiger partial charge in [-0.2, -0.15) is 0 Å². The number of rotatable bonds is 7. The number of imidazole rings is 1. The zero-order valence-corrected chi connectivity index (χ0v) is 42.0. The molecule has 0 bridgehead atoms. The molecule has 4 heterocycles. The van der Waals surface area contributed by atoms with Gasteiger partial charge < -0.3 is 0 Å². The molecule has 0 atom stereocenters. The van der Waals surface area contributed by atoms with Crippen molar-refractivity contribution in [3.8, 4) is 50.9 Å². The molecule has 4 aromatic heterocycles. The average Bonchev–Trinajstić information content (AvgIpc) is 3.73. The maximum atomic E-state index is 9.32. The molecular formula is C61H57N5OPt. The number of para-hydroxylation sites is 2. The van der Waals surface area contributed by atoms with E-state index < -0.39 is 65.8 Å². The van der Waals surface area contributed by atoms with E-state index in [-0.39, 0.29) is 44.2 Å².